The van der Waals surface area contributed by atoms with Crippen LogP contribution in [0.3, 0.4) is 0 Å². The second-order valence-corrected chi connectivity index (χ2v) is 6.19. The normalized spacial score (nSPS) is 15.4. The van der Waals surface area contributed by atoms with Crippen LogP contribution in [-0.4, -0.2) is 21.0 Å². The number of ether oxygens (including phenoxy) is 1. The van der Waals surface area contributed by atoms with Gasteiger partial charge in [-0.25, -0.2) is 4.98 Å². The molecule has 1 heterocycles. The Morgan fingerprint density at radius 2 is 1.89 bits per heavy atom. The van der Waals surface area contributed by atoms with Gasteiger partial charge in [0.15, 0.2) is 0 Å². The number of aromatic nitrogens is 2. The molecule has 27 heavy (non-hydrogen) atoms. The fraction of sp³-hybridized carbons (Fsp3) is 0.412. The quantitative estimate of drug-likeness (QED) is 0.587. The molecule has 10 heteroatoms. The van der Waals surface area contributed by atoms with E-state index in [2.05, 4.69) is 15.3 Å². The molecule has 1 aromatic carbocycles. The van der Waals surface area contributed by atoms with Crippen LogP contribution in [-0.2, 0) is 6.18 Å². The summed E-state index contributed by atoms with van der Waals surface area (Å²) in [7, 11) is 0. The third-order valence-electron chi connectivity index (χ3n) is 4.24. The molecule has 0 amide bonds. The summed E-state index contributed by atoms with van der Waals surface area (Å²) in [6, 6.07) is 5.72. The maximum Gasteiger partial charge on any atom is 0.423 e. The third-order valence-corrected chi connectivity index (χ3v) is 4.24. The average molecular weight is 382 g/mol. The van der Waals surface area contributed by atoms with E-state index in [1.165, 1.54) is 18.2 Å². The van der Waals surface area contributed by atoms with E-state index in [-0.39, 0.29) is 23.4 Å². The molecule has 1 aliphatic rings. The number of para-hydroxylation sites is 2. The smallest absolute Gasteiger partial charge is 0.423 e. The zero-order valence-electron chi connectivity index (χ0n) is 14.2. The van der Waals surface area contributed by atoms with Gasteiger partial charge in [-0.1, -0.05) is 18.6 Å². The minimum atomic E-state index is -4.67. The lowest BCUT2D eigenvalue weighted by Gasteiger charge is -2.24. The lowest BCUT2D eigenvalue weighted by atomic mass is 9.98. The molecule has 2 aromatic rings. The molecule has 3 rings (SSSR count). The molecule has 1 saturated carbocycles. The molecule has 0 unspecified atom stereocenters. The Morgan fingerprint density at radius 1 is 1.19 bits per heavy atom. The Bertz CT molecular complexity index is 823. The molecule has 7 nitrogen and oxygen atoms in total. The van der Waals surface area contributed by atoms with Crippen molar-refractivity contribution in [2.24, 2.45) is 0 Å². The number of hydrogen-bond acceptors (Lipinski definition) is 6. The van der Waals surface area contributed by atoms with Crippen molar-refractivity contribution in [3.8, 4) is 5.88 Å². The van der Waals surface area contributed by atoms with Gasteiger partial charge in [-0.2, -0.15) is 18.2 Å². The van der Waals surface area contributed by atoms with E-state index >= 15 is 0 Å². The van der Waals surface area contributed by atoms with Crippen molar-refractivity contribution in [1.29, 1.82) is 0 Å². The van der Waals surface area contributed by atoms with Crippen molar-refractivity contribution in [1.82, 2.24) is 9.97 Å². The summed E-state index contributed by atoms with van der Waals surface area (Å²) >= 11 is 0. The number of nitro benzene ring substituents is 1. The van der Waals surface area contributed by atoms with Crippen molar-refractivity contribution in [3.05, 3.63) is 46.1 Å². The maximum atomic E-state index is 13.3. The largest absolute Gasteiger partial charge is 0.474 e. The Hall–Kier alpha value is -2.91. The Kier molecular flexibility index (Phi) is 5.43. The van der Waals surface area contributed by atoms with Crippen molar-refractivity contribution >= 4 is 17.3 Å². The predicted octanol–water partition coefficient (Wildman–Crippen LogP) is 4.86. The van der Waals surface area contributed by atoms with E-state index in [9.17, 15) is 23.3 Å². The SMILES string of the molecule is O=[N+]([O-])c1ccccc1Nc1ncc(C(F)(F)F)c(OC2CCCCC2)n1. The third kappa shape index (κ3) is 4.63. The zero-order valence-corrected chi connectivity index (χ0v) is 14.2. The summed E-state index contributed by atoms with van der Waals surface area (Å²) in [6.07, 6.45) is -0.253. The monoisotopic (exact) mass is 382 g/mol. The highest BCUT2D eigenvalue weighted by Crippen LogP contribution is 2.37. The van der Waals surface area contributed by atoms with Gasteiger partial charge < -0.3 is 10.1 Å². The van der Waals surface area contributed by atoms with E-state index in [0.717, 1.165) is 19.3 Å². The van der Waals surface area contributed by atoms with Crippen LogP contribution in [0.4, 0.5) is 30.5 Å². The average Bonchev–Trinajstić information content (AvgIpc) is 2.62. The summed E-state index contributed by atoms with van der Waals surface area (Å²) < 4.78 is 45.3. The molecule has 144 valence electrons. The minimum absolute atomic E-state index is 0.0749. The van der Waals surface area contributed by atoms with Crippen LogP contribution >= 0.6 is 0 Å². The molecule has 1 N–H and O–H groups in total. The lowest BCUT2D eigenvalue weighted by Crippen LogP contribution is -2.22. The summed E-state index contributed by atoms with van der Waals surface area (Å²) in [4.78, 5) is 18.0. The Balaban J connectivity index is 1.91. The van der Waals surface area contributed by atoms with Crippen molar-refractivity contribution in [2.75, 3.05) is 5.32 Å². The van der Waals surface area contributed by atoms with E-state index in [1.54, 1.807) is 6.07 Å². The first-order valence-electron chi connectivity index (χ1n) is 8.46. The lowest BCUT2D eigenvalue weighted by molar-refractivity contribution is -0.383. The van der Waals surface area contributed by atoms with Crippen LogP contribution in [0.1, 0.15) is 37.7 Å². The highest BCUT2D eigenvalue weighted by molar-refractivity contribution is 5.66. The fourth-order valence-corrected chi connectivity index (χ4v) is 2.91. The van der Waals surface area contributed by atoms with Gasteiger partial charge in [0.25, 0.3) is 5.69 Å². The summed E-state index contributed by atoms with van der Waals surface area (Å²) in [5.74, 6) is -0.770. The molecule has 0 saturated heterocycles. The van der Waals surface area contributed by atoms with Crippen molar-refractivity contribution < 1.29 is 22.8 Å². The highest BCUT2D eigenvalue weighted by atomic mass is 19.4. The zero-order chi connectivity index (χ0) is 19.4. The molecule has 0 atom stereocenters. The molecule has 1 aliphatic carbocycles. The molecule has 0 spiro atoms. The summed E-state index contributed by atoms with van der Waals surface area (Å²) in [5.41, 5.74) is -1.23. The topological polar surface area (TPSA) is 90.2 Å². The highest BCUT2D eigenvalue weighted by Gasteiger charge is 2.37. The fourth-order valence-electron chi connectivity index (χ4n) is 2.91. The van der Waals surface area contributed by atoms with Gasteiger partial charge in [-0.05, 0) is 31.7 Å². The van der Waals surface area contributed by atoms with Gasteiger partial charge in [0.05, 0.1) is 4.92 Å². The molecule has 0 radical (unpaired) electrons. The predicted molar refractivity (Wildman–Crippen MR) is 90.9 cm³/mol. The summed E-state index contributed by atoms with van der Waals surface area (Å²) in [5, 5.41) is 13.7. The van der Waals surface area contributed by atoms with Crippen LogP contribution in [0.15, 0.2) is 30.5 Å². The maximum absolute atomic E-state index is 13.3. The van der Waals surface area contributed by atoms with Gasteiger partial charge in [-0.3, -0.25) is 10.1 Å². The van der Waals surface area contributed by atoms with Crippen LogP contribution in [0.2, 0.25) is 0 Å². The summed E-state index contributed by atoms with van der Waals surface area (Å²) in [6.45, 7) is 0. The Morgan fingerprint density at radius 3 is 2.56 bits per heavy atom. The van der Waals surface area contributed by atoms with Crippen LogP contribution in [0, 0.1) is 10.1 Å². The molecule has 1 aromatic heterocycles. The number of alkyl halides is 3. The number of nitrogens with zero attached hydrogens (tertiary/aromatic N) is 3. The van der Waals surface area contributed by atoms with E-state index in [0.29, 0.717) is 19.0 Å². The van der Waals surface area contributed by atoms with Gasteiger partial charge >= 0.3 is 6.18 Å². The van der Waals surface area contributed by atoms with Gasteiger partial charge in [0.1, 0.15) is 17.4 Å². The van der Waals surface area contributed by atoms with Crippen LogP contribution in [0.25, 0.3) is 0 Å². The first-order chi connectivity index (χ1) is 12.8. The van der Waals surface area contributed by atoms with E-state index in [1.807, 2.05) is 0 Å². The first-order valence-corrected chi connectivity index (χ1v) is 8.46. The van der Waals surface area contributed by atoms with Gasteiger partial charge in [-0.15, -0.1) is 0 Å². The van der Waals surface area contributed by atoms with Gasteiger partial charge in [0.2, 0.25) is 11.8 Å². The number of benzene rings is 1. The number of anilines is 2. The minimum Gasteiger partial charge on any atom is -0.474 e. The van der Waals surface area contributed by atoms with E-state index in [4.69, 9.17) is 4.74 Å². The standard InChI is InChI=1S/C17H17F3N4O3/c18-17(19,20)12-10-21-16(22-13-8-4-5-9-14(13)24(25)26)23-15(12)27-11-6-2-1-3-7-11/h4-5,8-11H,1-3,6-7H2,(H,21,22,23). The van der Waals surface area contributed by atoms with Gasteiger partial charge in [0, 0.05) is 12.3 Å². The van der Waals surface area contributed by atoms with Crippen molar-refractivity contribution in [2.45, 2.75) is 44.4 Å². The number of nitrogens with one attached hydrogen (secondary N) is 1. The molecular formula is C17H17F3N4O3. The molecular weight excluding hydrogens is 365 g/mol. The number of hydrogen-bond donors (Lipinski definition) is 1. The Labute approximate surface area is 152 Å². The van der Waals surface area contributed by atoms with Crippen LogP contribution < -0.4 is 10.1 Å². The number of rotatable bonds is 5. The number of nitro groups is 1. The second-order valence-electron chi connectivity index (χ2n) is 6.19. The molecule has 0 bridgehead atoms. The van der Waals surface area contributed by atoms with Crippen LogP contribution in [0.5, 0.6) is 5.88 Å². The first kappa shape index (κ1) is 18.9. The van der Waals surface area contributed by atoms with Crippen molar-refractivity contribution in [3.63, 3.8) is 0 Å². The molecule has 0 aliphatic heterocycles. The van der Waals surface area contributed by atoms with E-state index < -0.39 is 22.5 Å². The number of halogens is 3. The second kappa shape index (κ2) is 7.77. The molecule has 1 fully saturated rings.